The summed E-state index contributed by atoms with van der Waals surface area (Å²) in [5, 5.41) is 48.0. The number of carbonyl (C=O) groups is 5. The molecule has 3 aliphatic rings. The van der Waals surface area contributed by atoms with Gasteiger partial charge in [-0.2, -0.15) is 0 Å². The zero-order valence-electron chi connectivity index (χ0n) is 45.6. The van der Waals surface area contributed by atoms with E-state index >= 15 is 19.2 Å². The Labute approximate surface area is 481 Å². The molecule has 9 rings (SSSR count). The Morgan fingerprint density at radius 1 is 0.732 bits per heavy atom. The number of carbonyl (C=O) groups excluding carboxylic acids is 5. The van der Waals surface area contributed by atoms with Gasteiger partial charge < -0.3 is 61.9 Å². The molecule has 21 nitrogen and oxygen atoms in total. The molecule has 22 heteroatoms. The van der Waals surface area contributed by atoms with Crippen molar-refractivity contribution in [3.63, 3.8) is 0 Å². The number of halogens is 1. The average Bonchev–Trinajstić information content (AvgIpc) is 4.32. The van der Waals surface area contributed by atoms with E-state index in [9.17, 15) is 15.0 Å². The minimum absolute atomic E-state index is 0.0285. The van der Waals surface area contributed by atoms with Crippen molar-refractivity contribution >= 4 is 52.2 Å². The summed E-state index contributed by atoms with van der Waals surface area (Å²) in [5.41, 5.74) is 10.4. The zero-order valence-corrected chi connectivity index (χ0v) is 46.3. The second-order valence-electron chi connectivity index (χ2n) is 21.1. The van der Waals surface area contributed by atoms with Gasteiger partial charge in [-0.15, -0.1) is 0 Å². The Morgan fingerprint density at radius 2 is 1.43 bits per heavy atom. The monoisotopic (exact) mass is 1140 g/mol. The van der Waals surface area contributed by atoms with Crippen molar-refractivity contribution in [1.29, 1.82) is 0 Å². The van der Waals surface area contributed by atoms with Crippen LogP contribution in [0, 0.1) is 0 Å². The van der Waals surface area contributed by atoms with Crippen LogP contribution in [0.4, 0.5) is 4.79 Å². The smallest absolute Gasteiger partial charge is 0.407 e. The number of alkyl carbamates (subject to hydrolysis) is 1. The molecule has 4 aromatic carbocycles. The molecule has 0 saturated carbocycles. The van der Waals surface area contributed by atoms with E-state index in [0.717, 1.165) is 27.6 Å². The molecular weight excluding hydrogens is 1070 g/mol. The number of nitrogens with two attached hydrogens (primary N) is 1. The van der Waals surface area contributed by atoms with Gasteiger partial charge in [0.15, 0.2) is 0 Å². The summed E-state index contributed by atoms with van der Waals surface area (Å²) in [6.07, 6.45) is 0.528. The third kappa shape index (κ3) is 16.4. The fourth-order valence-electron chi connectivity index (χ4n) is 10.7. The number of pyridine rings is 1. The molecule has 82 heavy (non-hydrogen) atoms. The van der Waals surface area contributed by atoms with Gasteiger partial charge in [0.05, 0.1) is 30.7 Å². The number of hydrogen-bond donors (Lipinski definition) is 11. The third-order valence-corrected chi connectivity index (χ3v) is 15.4. The zero-order chi connectivity index (χ0) is 57.4. The van der Waals surface area contributed by atoms with Gasteiger partial charge in [0.25, 0.3) is 0 Å². The number of H-pyrrole nitrogens is 1. The van der Waals surface area contributed by atoms with E-state index in [1.54, 1.807) is 55.0 Å². The molecule has 434 valence electrons. The Bertz CT molecular complexity index is 3050. The van der Waals surface area contributed by atoms with E-state index in [4.69, 9.17) is 26.8 Å². The van der Waals surface area contributed by atoms with Gasteiger partial charge >= 0.3 is 6.09 Å². The molecule has 12 N–H and O–H groups in total. The number of piperazine rings is 1. The number of hydrogen-bond acceptors (Lipinski definition) is 15. The molecule has 2 aromatic heterocycles. The number of nitrogens with one attached hydrogen (secondary N) is 8. The summed E-state index contributed by atoms with van der Waals surface area (Å²) in [6, 6.07) is 28.0. The van der Waals surface area contributed by atoms with Crippen LogP contribution in [0.1, 0.15) is 40.7 Å². The van der Waals surface area contributed by atoms with E-state index in [1.807, 2.05) is 78.9 Å². The maximum atomic E-state index is 15.5. The number of benzene rings is 4. The van der Waals surface area contributed by atoms with Crippen LogP contribution in [0.25, 0.3) is 10.9 Å². The molecule has 0 bridgehead atoms. The molecule has 9 atom stereocenters. The minimum atomic E-state index is -1.64. The summed E-state index contributed by atoms with van der Waals surface area (Å²) in [7, 11) is 0. The molecule has 0 aliphatic carbocycles. The first-order valence-corrected chi connectivity index (χ1v) is 28.3. The van der Waals surface area contributed by atoms with Crippen LogP contribution in [-0.4, -0.2) is 167 Å². The lowest BCUT2D eigenvalue weighted by molar-refractivity contribution is -0.142. The maximum Gasteiger partial charge on any atom is 0.407 e. The number of aliphatic hydroxyl groups excluding tert-OH is 2. The normalized spacial score (nSPS) is 24.3. The number of ether oxygens (including phenoxy) is 2. The maximum absolute atomic E-state index is 15.5. The van der Waals surface area contributed by atoms with Crippen LogP contribution in [0.15, 0.2) is 134 Å². The molecular formula is C60H73ClN12O9. The minimum Gasteiger partial charge on any atom is -0.489 e. The van der Waals surface area contributed by atoms with Crippen LogP contribution < -0.4 is 47.7 Å². The highest BCUT2D eigenvalue weighted by Gasteiger charge is 2.45. The average molecular weight is 1140 g/mol. The fraction of sp³-hybridized carbons (Fsp3) is 0.400. The fourth-order valence-corrected chi connectivity index (χ4v) is 10.9. The van der Waals surface area contributed by atoms with Crippen LogP contribution in [-0.2, 0) is 56.2 Å². The van der Waals surface area contributed by atoms with Crippen molar-refractivity contribution in [3.8, 4) is 5.75 Å². The number of amides is 5. The van der Waals surface area contributed by atoms with Gasteiger partial charge in [-0.05, 0) is 96.3 Å². The summed E-state index contributed by atoms with van der Waals surface area (Å²) < 4.78 is 11.9. The van der Waals surface area contributed by atoms with Crippen molar-refractivity contribution in [1.82, 2.24) is 57.0 Å². The Morgan fingerprint density at radius 3 is 2.18 bits per heavy atom. The summed E-state index contributed by atoms with van der Waals surface area (Å²) in [6.45, 7) is 2.90. The number of aromatic nitrogens is 2. The standard InChI is InChI=1S/C60H73ClN12O9/c61-43-17-12-40(13-18-43)37-81-44-19-14-39(15-20-44)29-49-55(75)70-51(30-41-9-6-23-64-33-41)59(79)73-35-45(82-60(80)65-24-22-62)32-53(73)58(78)67-48(21-16-38-7-2-1-3-8-38)54(74)69-50(31-42-34-66-47-11-5-4-10-46(42)47)56(76)71-52(57(77)68-49)36-72-27-25-63-26-28-72/h1-15,17-20,23,33-34,45,48-55,63,66,69-70,74-75H,16,21-22,24-32,35-37,62H2,(H,65,80)(H,67,78)(H,68,77)(H,71,76)/t45-,48+,49+,50-,51+,52+,53+,54?,55?/m1/s1. The Balaban J connectivity index is 1.10. The first-order valence-electron chi connectivity index (χ1n) is 28.0. The van der Waals surface area contributed by atoms with E-state index < -0.39 is 84.5 Å². The first kappa shape index (κ1) is 59.2. The predicted molar refractivity (Wildman–Crippen MR) is 309 cm³/mol. The van der Waals surface area contributed by atoms with E-state index in [-0.39, 0.29) is 64.9 Å². The topological polar surface area (TPSA) is 290 Å². The van der Waals surface area contributed by atoms with E-state index in [1.165, 1.54) is 4.90 Å². The summed E-state index contributed by atoms with van der Waals surface area (Å²) >= 11 is 6.10. The summed E-state index contributed by atoms with van der Waals surface area (Å²) in [5.74, 6) is -1.91. The van der Waals surface area contributed by atoms with E-state index in [2.05, 4.69) is 52.1 Å². The second-order valence-corrected chi connectivity index (χ2v) is 21.5. The van der Waals surface area contributed by atoms with Gasteiger partial charge in [0.2, 0.25) is 23.6 Å². The van der Waals surface area contributed by atoms with Gasteiger partial charge in [-0.1, -0.05) is 90.5 Å². The highest BCUT2D eigenvalue weighted by atomic mass is 35.5. The van der Waals surface area contributed by atoms with Crippen LogP contribution >= 0.6 is 11.6 Å². The lowest BCUT2D eigenvalue weighted by Gasteiger charge is -2.36. The molecule has 5 heterocycles. The van der Waals surface area contributed by atoms with Gasteiger partial charge in [0, 0.05) is 86.8 Å². The number of aryl methyl sites for hydroxylation is 1. The second kappa shape index (κ2) is 29.0. The quantitative estimate of drug-likeness (QED) is 0.0624. The summed E-state index contributed by atoms with van der Waals surface area (Å²) in [4.78, 5) is 85.0. The van der Waals surface area contributed by atoms with Crippen LogP contribution in [0.2, 0.25) is 5.02 Å². The molecule has 2 unspecified atom stereocenters. The van der Waals surface area contributed by atoms with Crippen molar-refractivity contribution in [2.45, 2.75) is 99.9 Å². The molecule has 3 saturated heterocycles. The van der Waals surface area contributed by atoms with Crippen molar-refractivity contribution in [2.24, 2.45) is 5.73 Å². The number of aliphatic hydroxyl groups is 2. The van der Waals surface area contributed by atoms with Crippen molar-refractivity contribution < 1.29 is 43.7 Å². The largest absolute Gasteiger partial charge is 0.489 e. The Kier molecular flexibility index (Phi) is 20.9. The lowest BCUT2D eigenvalue weighted by Crippen LogP contribution is -2.64. The number of rotatable bonds is 17. The number of fused-ring (bicyclic) bond motifs is 2. The van der Waals surface area contributed by atoms with Crippen molar-refractivity contribution in [3.05, 3.63) is 167 Å². The highest BCUT2D eigenvalue weighted by Crippen LogP contribution is 2.26. The number of nitrogens with zero attached hydrogens (tertiary/aromatic N) is 3. The number of para-hydroxylation sites is 1. The molecule has 6 aromatic rings. The molecule has 5 amide bonds. The lowest BCUT2D eigenvalue weighted by atomic mass is 9.99. The third-order valence-electron chi connectivity index (χ3n) is 15.1. The van der Waals surface area contributed by atoms with E-state index in [0.29, 0.717) is 54.5 Å². The molecule has 0 radical (unpaired) electrons. The number of aromatic amines is 1. The molecule has 3 aliphatic heterocycles. The SMILES string of the molecule is NCCNC(=O)O[C@@H]1C[C@H]2C(=O)N[C@@H](CCc3ccccc3)C(O)N[C@H](Cc3c[nH]c4ccccc34)C(=O)N[C@@H](CN3CCNCC3)C(=O)N[C@@H](Cc3ccc(OCc4ccc(Cl)cc4)cc3)C(O)N[C@@H](Cc3cccnc3)C(=O)N2C1. The van der Waals surface area contributed by atoms with Gasteiger partial charge in [-0.3, -0.25) is 39.7 Å². The van der Waals surface area contributed by atoms with Gasteiger partial charge in [0.1, 0.15) is 43.0 Å². The van der Waals surface area contributed by atoms with Crippen LogP contribution in [0.5, 0.6) is 5.75 Å². The van der Waals surface area contributed by atoms with Crippen LogP contribution in [0.3, 0.4) is 0 Å². The Hall–Kier alpha value is -7.47. The molecule has 3 fully saturated rings. The predicted octanol–water partition coefficient (Wildman–Crippen LogP) is 2.04. The molecule has 0 spiro atoms. The first-order chi connectivity index (χ1) is 39.8. The van der Waals surface area contributed by atoms with Crippen molar-refractivity contribution in [2.75, 3.05) is 52.4 Å². The highest BCUT2D eigenvalue weighted by molar-refractivity contribution is 6.30. The van der Waals surface area contributed by atoms with Gasteiger partial charge in [-0.25, -0.2) is 4.79 Å².